The Balaban J connectivity index is 1.71. The van der Waals surface area contributed by atoms with Crippen molar-refractivity contribution in [2.24, 2.45) is 0 Å². The van der Waals surface area contributed by atoms with Crippen LogP contribution in [-0.4, -0.2) is 72.2 Å². The number of piperidine rings is 1. The molecule has 0 aromatic rings. The van der Waals surface area contributed by atoms with Crippen molar-refractivity contribution in [1.82, 2.24) is 20.4 Å². The van der Waals surface area contributed by atoms with E-state index in [4.69, 9.17) is 4.74 Å². The molecule has 0 aliphatic carbocycles. The Bertz CT molecular complexity index is 475. The summed E-state index contributed by atoms with van der Waals surface area (Å²) in [4.78, 5) is 39.1. The third kappa shape index (κ3) is 4.75. The molecule has 2 N–H and O–H groups in total. The molecule has 2 saturated heterocycles. The largest absolute Gasteiger partial charge is 0.450 e. The number of carbonyl (C=O) groups is 3. The zero-order valence-corrected chi connectivity index (χ0v) is 14.7. The van der Waals surface area contributed by atoms with Gasteiger partial charge in [-0.05, 0) is 33.6 Å². The van der Waals surface area contributed by atoms with Crippen LogP contribution in [0.2, 0.25) is 0 Å². The molecule has 2 aliphatic rings. The van der Waals surface area contributed by atoms with E-state index in [1.54, 1.807) is 16.7 Å². The zero-order valence-electron chi connectivity index (χ0n) is 14.7. The van der Waals surface area contributed by atoms with Gasteiger partial charge >= 0.3 is 12.1 Å². The number of ether oxygens (including phenoxy) is 1. The molecule has 2 aliphatic heterocycles. The lowest BCUT2D eigenvalue weighted by atomic mass is 10.1. The molecule has 2 fully saturated rings. The predicted molar refractivity (Wildman–Crippen MR) is 88.5 cm³/mol. The van der Waals surface area contributed by atoms with Crippen LogP contribution in [0.3, 0.4) is 0 Å². The number of rotatable bonds is 4. The molecule has 8 nitrogen and oxygen atoms in total. The highest BCUT2D eigenvalue weighted by Crippen LogP contribution is 2.15. The second kappa shape index (κ2) is 8.21. The summed E-state index contributed by atoms with van der Waals surface area (Å²) in [7, 11) is 0. The van der Waals surface area contributed by atoms with Gasteiger partial charge in [-0.2, -0.15) is 0 Å². The first kappa shape index (κ1) is 18.4. The Morgan fingerprint density at radius 2 is 1.83 bits per heavy atom. The van der Waals surface area contributed by atoms with E-state index in [2.05, 4.69) is 10.6 Å². The van der Waals surface area contributed by atoms with E-state index in [1.807, 2.05) is 13.8 Å². The molecule has 0 radical (unpaired) electrons. The summed E-state index contributed by atoms with van der Waals surface area (Å²) in [5.41, 5.74) is 0. The number of likely N-dealkylation sites (tertiary alicyclic amines) is 2. The third-order valence-corrected chi connectivity index (χ3v) is 4.47. The van der Waals surface area contributed by atoms with Crippen molar-refractivity contribution < 1.29 is 19.1 Å². The summed E-state index contributed by atoms with van der Waals surface area (Å²) >= 11 is 0. The standard InChI is InChI=1S/C16H28N4O4/c1-4-24-16(23)19-7-5-12(6-8-19)17-15(22)18-13-9-14(21)20(10-13)11(2)3/h11-13H,4-10H2,1-3H3,(H2,17,18,22). The fourth-order valence-corrected chi connectivity index (χ4v) is 3.16. The van der Waals surface area contributed by atoms with Crippen LogP contribution in [0, 0.1) is 0 Å². The summed E-state index contributed by atoms with van der Waals surface area (Å²) in [5.74, 6) is 0.0815. The number of hydrogen-bond acceptors (Lipinski definition) is 4. The van der Waals surface area contributed by atoms with E-state index >= 15 is 0 Å². The number of carbonyl (C=O) groups excluding carboxylic acids is 3. The van der Waals surface area contributed by atoms with Crippen molar-refractivity contribution in [3.63, 3.8) is 0 Å². The molecule has 24 heavy (non-hydrogen) atoms. The lowest BCUT2D eigenvalue weighted by Crippen LogP contribution is -2.51. The number of nitrogens with one attached hydrogen (secondary N) is 2. The summed E-state index contributed by atoms with van der Waals surface area (Å²) in [6.07, 6.45) is 1.47. The van der Waals surface area contributed by atoms with Crippen LogP contribution in [0.5, 0.6) is 0 Å². The lowest BCUT2D eigenvalue weighted by Gasteiger charge is -2.31. The molecule has 0 aromatic heterocycles. The van der Waals surface area contributed by atoms with Gasteiger partial charge in [0.2, 0.25) is 5.91 Å². The molecule has 0 saturated carbocycles. The van der Waals surface area contributed by atoms with Crippen molar-refractivity contribution in [3.05, 3.63) is 0 Å². The number of nitrogens with zero attached hydrogens (tertiary/aromatic N) is 2. The smallest absolute Gasteiger partial charge is 0.409 e. The van der Waals surface area contributed by atoms with Gasteiger partial charge in [0.15, 0.2) is 0 Å². The predicted octanol–water partition coefficient (Wildman–Crippen LogP) is 0.916. The van der Waals surface area contributed by atoms with E-state index in [0.717, 1.165) is 0 Å². The summed E-state index contributed by atoms with van der Waals surface area (Å²) in [6.45, 7) is 7.80. The summed E-state index contributed by atoms with van der Waals surface area (Å²) in [6, 6.07) is -0.193. The van der Waals surface area contributed by atoms with Crippen LogP contribution in [0.15, 0.2) is 0 Å². The molecule has 1 atom stereocenters. The third-order valence-electron chi connectivity index (χ3n) is 4.47. The Kier molecular flexibility index (Phi) is 6.28. The van der Waals surface area contributed by atoms with Gasteiger partial charge in [-0.3, -0.25) is 4.79 Å². The highest BCUT2D eigenvalue weighted by molar-refractivity contribution is 5.82. The zero-order chi connectivity index (χ0) is 17.7. The Morgan fingerprint density at radius 3 is 2.38 bits per heavy atom. The minimum atomic E-state index is -0.293. The Hall–Kier alpha value is -1.99. The van der Waals surface area contributed by atoms with Crippen molar-refractivity contribution in [1.29, 1.82) is 0 Å². The molecule has 2 rings (SSSR count). The average molecular weight is 340 g/mol. The number of amides is 4. The quantitative estimate of drug-likeness (QED) is 0.796. The normalized spacial score (nSPS) is 22.0. The second-order valence-corrected chi connectivity index (χ2v) is 6.62. The van der Waals surface area contributed by atoms with Gasteiger partial charge in [0.05, 0.1) is 12.6 Å². The summed E-state index contributed by atoms with van der Waals surface area (Å²) < 4.78 is 4.98. The first-order chi connectivity index (χ1) is 11.4. The molecule has 0 bridgehead atoms. The fraction of sp³-hybridized carbons (Fsp3) is 0.812. The van der Waals surface area contributed by atoms with E-state index in [0.29, 0.717) is 45.5 Å². The Labute approximate surface area is 142 Å². The molecule has 8 heteroatoms. The van der Waals surface area contributed by atoms with E-state index in [1.165, 1.54) is 0 Å². The highest BCUT2D eigenvalue weighted by atomic mass is 16.6. The van der Waals surface area contributed by atoms with Gasteiger partial charge in [-0.15, -0.1) is 0 Å². The van der Waals surface area contributed by atoms with Crippen molar-refractivity contribution in [2.75, 3.05) is 26.2 Å². The molecule has 2 heterocycles. The monoisotopic (exact) mass is 340 g/mol. The maximum Gasteiger partial charge on any atom is 0.409 e. The van der Waals surface area contributed by atoms with Crippen LogP contribution in [0.4, 0.5) is 9.59 Å². The fourth-order valence-electron chi connectivity index (χ4n) is 3.16. The number of urea groups is 1. The van der Waals surface area contributed by atoms with Crippen LogP contribution < -0.4 is 10.6 Å². The summed E-state index contributed by atoms with van der Waals surface area (Å²) in [5, 5.41) is 5.82. The molecule has 1 unspecified atom stereocenters. The highest BCUT2D eigenvalue weighted by Gasteiger charge is 2.32. The van der Waals surface area contributed by atoms with Crippen LogP contribution >= 0.6 is 0 Å². The lowest BCUT2D eigenvalue weighted by molar-refractivity contribution is -0.129. The van der Waals surface area contributed by atoms with Crippen molar-refractivity contribution in [3.8, 4) is 0 Å². The first-order valence-electron chi connectivity index (χ1n) is 8.68. The molecule has 4 amide bonds. The molecule has 0 spiro atoms. The SMILES string of the molecule is CCOC(=O)N1CCC(NC(=O)NC2CC(=O)N(C(C)C)C2)CC1. The average Bonchev–Trinajstić information content (AvgIpc) is 2.88. The van der Waals surface area contributed by atoms with Gasteiger partial charge in [0, 0.05) is 38.1 Å². The van der Waals surface area contributed by atoms with Crippen LogP contribution in [0.25, 0.3) is 0 Å². The van der Waals surface area contributed by atoms with Crippen molar-refractivity contribution in [2.45, 2.75) is 58.2 Å². The van der Waals surface area contributed by atoms with Crippen LogP contribution in [-0.2, 0) is 9.53 Å². The topological polar surface area (TPSA) is 91.0 Å². The van der Waals surface area contributed by atoms with Gasteiger partial charge < -0.3 is 25.2 Å². The molecular formula is C16H28N4O4. The maximum atomic E-state index is 12.1. The Morgan fingerprint density at radius 1 is 1.21 bits per heavy atom. The van der Waals surface area contributed by atoms with E-state index in [-0.39, 0.29) is 36.2 Å². The van der Waals surface area contributed by atoms with Gasteiger partial charge in [0.1, 0.15) is 0 Å². The minimum Gasteiger partial charge on any atom is -0.450 e. The maximum absolute atomic E-state index is 12.1. The van der Waals surface area contributed by atoms with Gasteiger partial charge in [0.25, 0.3) is 0 Å². The number of hydrogen-bond donors (Lipinski definition) is 2. The van der Waals surface area contributed by atoms with Crippen LogP contribution in [0.1, 0.15) is 40.0 Å². The van der Waals surface area contributed by atoms with Gasteiger partial charge in [-0.1, -0.05) is 0 Å². The molecule has 0 aromatic carbocycles. The first-order valence-corrected chi connectivity index (χ1v) is 8.68. The van der Waals surface area contributed by atoms with Crippen molar-refractivity contribution >= 4 is 18.0 Å². The van der Waals surface area contributed by atoms with E-state index in [9.17, 15) is 14.4 Å². The van der Waals surface area contributed by atoms with Gasteiger partial charge in [-0.25, -0.2) is 9.59 Å². The minimum absolute atomic E-state index is 0.0361. The second-order valence-electron chi connectivity index (χ2n) is 6.62. The van der Waals surface area contributed by atoms with E-state index < -0.39 is 0 Å². The molecular weight excluding hydrogens is 312 g/mol. The molecule has 136 valence electrons.